The van der Waals surface area contributed by atoms with E-state index in [0.29, 0.717) is 0 Å². The van der Waals surface area contributed by atoms with Gasteiger partial charge in [0.1, 0.15) is 0 Å². The minimum absolute atomic E-state index is 0.0586. The van der Waals surface area contributed by atoms with E-state index in [1.165, 1.54) is 5.56 Å². The van der Waals surface area contributed by atoms with Gasteiger partial charge in [-0.05, 0) is 56.6 Å². The van der Waals surface area contributed by atoms with Gasteiger partial charge in [0.15, 0.2) is 0 Å². The van der Waals surface area contributed by atoms with Gasteiger partial charge in [-0.2, -0.15) is 0 Å². The van der Waals surface area contributed by atoms with Crippen molar-refractivity contribution in [1.82, 2.24) is 15.5 Å². The van der Waals surface area contributed by atoms with Crippen LogP contribution in [0, 0.1) is 0 Å². The van der Waals surface area contributed by atoms with Crippen LogP contribution in [0.1, 0.15) is 34.3 Å². The Morgan fingerprint density at radius 1 is 1.12 bits per heavy atom. The fourth-order valence-corrected chi connectivity index (χ4v) is 3.64. The van der Waals surface area contributed by atoms with Gasteiger partial charge in [-0.3, -0.25) is 9.69 Å². The van der Waals surface area contributed by atoms with Crippen LogP contribution in [0.4, 0.5) is 0 Å². The lowest BCUT2D eigenvalue weighted by Gasteiger charge is -2.33. The molecule has 138 valence electrons. The summed E-state index contributed by atoms with van der Waals surface area (Å²) in [6.45, 7) is 3.84. The van der Waals surface area contributed by atoms with Gasteiger partial charge in [0.05, 0.1) is 0 Å². The first-order valence-electron chi connectivity index (χ1n) is 9.56. The van der Waals surface area contributed by atoms with Crippen molar-refractivity contribution in [2.24, 2.45) is 0 Å². The number of benzene rings is 2. The molecular weight excluding hydrogens is 322 g/mol. The van der Waals surface area contributed by atoms with Crippen LogP contribution in [-0.4, -0.2) is 43.5 Å². The number of nitrogens with zero attached hydrogens (tertiary/aromatic N) is 1. The fraction of sp³-hybridized carbons (Fsp3) is 0.409. The van der Waals surface area contributed by atoms with Crippen molar-refractivity contribution >= 4 is 5.91 Å². The van der Waals surface area contributed by atoms with Gasteiger partial charge in [0.25, 0.3) is 5.91 Å². The second-order valence-corrected chi connectivity index (χ2v) is 7.04. The predicted octanol–water partition coefficient (Wildman–Crippen LogP) is 2.84. The molecule has 4 heteroatoms. The predicted molar refractivity (Wildman–Crippen MR) is 106 cm³/mol. The number of piperidine rings is 1. The van der Waals surface area contributed by atoms with Gasteiger partial charge in [0.2, 0.25) is 0 Å². The second kappa shape index (κ2) is 9.51. The summed E-state index contributed by atoms with van der Waals surface area (Å²) in [5.41, 5.74) is 3.25. The first kappa shape index (κ1) is 18.6. The fourth-order valence-electron chi connectivity index (χ4n) is 3.64. The Balaban J connectivity index is 1.59. The van der Waals surface area contributed by atoms with Crippen LogP contribution in [0.15, 0.2) is 54.6 Å². The lowest BCUT2D eigenvalue weighted by molar-refractivity contribution is 0.0900. The number of rotatable bonds is 7. The highest BCUT2D eigenvalue weighted by atomic mass is 16.1. The Kier molecular flexibility index (Phi) is 6.81. The molecule has 0 bridgehead atoms. The normalized spacial score (nSPS) is 17.8. The number of likely N-dealkylation sites (tertiary alicyclic amines) is 1. The summed E-state index contributed by atoms with van der Waals surface area (Å²) in [7, 11) is 1.94. The van der Waals surface area contributed by atoms with Crippen LogP contribution in [0.3, 0.4) is 0 Å². The summed E-state index contributed by atoms with van der Waals surface area (Å²) >= 11 is 0. The zero-order valence-electron chi connectivity index (χ0n) is 15.6. The molecule has 2 N–H and O–H groups in total. The molecule has 1 aliphatic rings. The van der Waals surface area contributed by atoms with Crippen LogP contribution in [-0.2, 0) is 13.0 Å². The third-order valence-corrected chi connectivity index (χ3v) is 5.00. The van der Waals surface area contributed by atoms with E-state index < -0.39 is 0 Å². The van der Waals surface area contributed by atoms with Gasteiger partial charge in [-0.25, -0.2) is 0 Å². The maximum atomic E-state index is 12.8. The standard InChI is InChI=1S/C22H29N3O/c1-23-14-13-19-10-5-6-12-21(19)22(26)24-20-11-7-15-25(17-20)16-18-8-3-2-4-9-18/h2-6,8-10,12,20,23H,7,11,13-17H2,1H3,(H,24,26). The quantitative estimate of drug-likeness (QED) is 0.806. The third-order valence-electron chi connectivity index (χ3n) is 5.00. The van der Waals surface area contributed by atoms with Crippen molar-refractivity contribution < 1.29 is 4.79 Å². The summed E-state index contributed by atoms with van der Waals surface area (Å²) in [6.07, 6.45) is 3.04. The first-order chi connectivity index (χ1) is 12.8. The molecule has 1 saturated heterocycles. The summed E-state index contributed by atoms with van der Waals surface area (Å²) < 4.78 is 0. The Bertz CT molecular complexity index is 702. The van der Waals surface area contributed by atoms with Crippen LogP contribution in [0.25, 0.3) is 0 Å². The average molecular weight is 351 g/mol. The van der Waals surface area contributed by atoms with Gasteiger partial charge in [-0.1, -0.05) is 48.5 Å². The van der Waals surface area contributed by atoms with Gasteiger partial charge >= 0.3 is 0 Å². The van der Waals surface area contributed by atoms with Crippen molar-refractivity contribution in [3.05, 3.63) is 71.3 Å². The monoisotopic (exact) mass is 351 g/mol. The van der Waals surface area contributed by atoms with E-state index in [2.05, 4.69) is 45.9 Å². The highest BCUT2D eigenvalue weighted by Crippen LogP contribution is 2.15. The molecule has 2 aromatic carbocycles. The highest BCUT2D eigenvalue weighted by Gasteiger charge is 2.22. The van der Waals surface area contributed by atoms with Crippen LogP contribution in [0.2, 0.25) is 0 Å². The topological polar surface area (TPSA) is 44.4 Å². The number of nitrogens with one attached hydrogen (secondary N) is 2. The first-order valence-corrected chi connectivity index (χ1v) is 9.56. The van der Waals surface area contributed by atoms with E-state index in [1.807, 2.05) is 31.3 Å². The largest absolute Gasteiger partial charge is 0.348 e. The lowest BCUT2D eigenvalue weighted by atomic mass is 10.0. The van der Waals surface area contributed by atoms with Crippen molar-refractivity contribution in [3.8, 4) is 0 Å². The van der Waals surface area contributed by atoms with Gasteiger partial charge < -0.3 is 10.6 Å². The Morgan fingerprint density at radius 3 is 2.69 bits per heavy atom. The molecule has 1 atom stereocenters. The molecule has 26 heavy (non-hydrogen) atoms. The number of carbonyl (C=O) groups is 1. The molecule has 3 rings (SSSR count). The van der Waals surface area contributed by atoms with E-state index in [0.717, 1.165) is 56.6 Å². The zero-order chi connectivity index (χ0) is 18.2. The number of amides is 1. The molecule has 0 radical (unpaired) electrons. The van der Waals surface area contributed by atoms with Crippen LogP contribution >= 0.6 is 0 Å². The van der Waals surface area contributed by atoms with E-state index in [-0.39, 0.29) is 11.9 Å². The molecule has 1 fully saturated rings. The number of carbonyl (C=O) groups excluding carboxylic acids is 1. The molecule has 1 heterocycles. The zero-order valence-corrected chi connectivity index (χ0v) is 15.6. The van der Waals surface area contributed by atoms with Crippen molar-refractivity contribution in [2.75, 3.05) is 26.7 Å². The molecular formula is C22H29N3O. The molecule has 0 spiro atoms. The SMILES string of the molecule is CNCCc1ccccc1C(=O)NC1CCCN(Cc2ccccc2)C1. The minimum Gasteiger partial charge on any atom is -0.348 e. The molecule has 0 aliphatic carbocycles. The molecule has 2 aromatic rings. The number of hydrogen-bond acceptors (Lipinski definition) is 3. The second-order valence-electron chi connectivity index (χ2n) is 7.04. The highest BCUT2D eigenvalue weighted by molar-refractivity contribution is 5.95. The lowest BCUT2D eigenvalue weighted by Crippen LogP contribution is -2.47. The maximum Gasteiger partial charge on any atom is 0.251 e. The molecule has 0 aromatic heterocycles. The molecule has 1 amide bonds. The molecule has 1 unspecified atom stereocenters. The van der Waals surface area contributed by atoms with Gasteiger partial charge in [-0.15, -0.1) is 0 Å². The minimum atomic E-state index is 0.0586. The van der Waals surface area contributed by atoms with Crippen molar-refractivity contribution in [3.63, 3.8) is 0 Å². The molecule has 4 nitrogen and oxygen atoms in total. The average Bonchev–Trinajstić information content (AvgIpc) is 2.67. The number of likely N-dealkylation sites (N-methyl/N-ethyl adjacent to an activating group) is 1. The van der Waals surface area contributed by atoms with Gasteiger partial charge in [0, 0.05) is 24.7 Å². The number of hydrogen-bond donors (Lipinski definition) is 2. The summed E-state index contributed by atoms with van der Waals surface area (Å²) in [4.78, 5) is 15.3. The van der Waals surface area contributed by atoms with Crippen LogP contribution < -0.4 is 10.6 Å². The molecule has 1 aliphatic heterocycles. The molecule has 0 saturated carbocycles. The Morgan fingerprint density at radius 2 is 1.88 bits per heavy atom. The van der Waals surface area contributed by atoms with E-state index in [1.54, 1.807) is 0 Å². The van der Waals surface area contributed by atoms with Crippen LogP contribution in [0.5, 0.6) is 0 Å². The van der Waals surface area contributed by atoms with E-state index in [4.69, 9.17) is 0 Å². The van der Waals surface area contributed by atoms with Crippen molar-refractivity contribution in [1.29, 1.82) is 0 Å². The summed E-state index contributed by atoms with van der Waals surface area (Å²) in [5, 5.41) is 6.42. The summed E-state index contributed by atoms with van der Waals surface area (Å²) in [6, 6.07) is 18.7. The summed E-state index contributed by atoms with van der Waals surface area (Å²) in [5.74, 6) is 0.0586. The smallest absolute Gasteiger partial charge is 0.251 e. The van der Waals surface area contributed by atoms with Crippen molar-refractivity contribution in [2.45, 2.75) is 31.8 Å². The Hall–Kier alpha value is -2.17. The van der Waals surface area contributed by atoms with E-state index in [9.17, 15) is 4.79 Å². The van der Waals surface area contributed by atoms with E-state index >= 15 is 0 Å². The third kappa shape index (κ3) is 5.16. The Labute approximate surface area is 156 Å². The maximum absolute atomic E-state index is 12.8.